The van der Waals surface area contributed by atoms with Crippen molar-refractivity contribution in [1.82, 2.24) is 10.8 Å². The third-order valence-electron chi connectivity index (χ3n) is 3.35. The minimum absolute atomic E-state index is 0.0267. The Morgan fingerprint density at radius 3 is 2.41 bits per heavy atom. The van der Waals surface area contributed by atoms with Gasteiger partial charge in [-0.1, -0.05) is 13.8 Å². The molecule has 1 aliphatic heterocycles. The Morgan fingerprint density at radius 2 is 1.94 bits per heavy atom. The van der Waals surface area contributed by atoms with E-state index in [2.05, 4.69) is 10.8 Å². The summed E-state index contributed by atoms with van der Waals surface area (Å²) in [4.78, 5) is 17.5. The van der Waals surface area contributed by atoms with E-state index >= 15 is 0 Å². The van der Waals surface area contributed by atoms with Crippen molar-refractivity contribution in [3.05, 3.63) is 0 Å². The molecule has 0 aromatic carbocycles. The zero-order valence-electron chi connectivity index (χ0n) is 11.7. The number of rotatable bonds is 3. The summed E-state index contributed by atoms with van der Waals surface area (Å²) in [6, 6.07) is 0. The summed E-state index contributed by atoms with van der Waals surface area (Å²) in [6.45, 7) is 11.7. The van der Waals surface area contributed by atoms with Crippen molar-refractivity contribution in [1.29, 1.82) is 0 Å². The van der Waals surface area contributed by atoms with Crippen molar-refractivity contribution in [3.63, 3.8) is 0 Å². The molecule has 0 radical (unpaired) electrons. The average Bonchev–Trinajstić information content (AvgIpc) is 2.26. The molecule has 1 amide bonds. The molecule has 4 heteroatoms. The average molecular weight is 242 g/mol. The molecular weight excluding hydrogens is 216 g/mol. The molecule has 0 aromatic heterocycles. The van der Waals surface area contributed by atoms with Crippen LogP contribution in [0.5, 0.6) is 0 Å². The van der Waals surface area contributed by atoms with E-state index in [-0.39, 0.29) is 11.5 Å². The molecular formula is C13H26N2O2. The Bertz CT molecular complexity index is 263. The monoisotopic (exact) mass is 242 g/mol. The van der Waals surface area contributed by atoms with Crippen LogP contribution in [0.1, 0.15) is 47.5 Å². The minimum atomic E-state index is -0.390. The number of nitrogens with one attached hydrogen (secondary N) is 2. The van der Waals surface area contributed by atoms with Gasteiger partial charge in [0.2, 0.25) is 5.91 Å². The molecule has 0 aliphatic carbocycles. The van der Waals surface area contributed by atoms with E-state index < -0.39 is 5.41 Å². The Hall–Kier alpha value is -0.610. The molecule has 17 heavy (non-hydrogen) atoms. The summed E-state index contributed by atoms with van der Waals surface area (Å²) in [5.41, 5.74) is 1.85. The van der Waals surface area contributed by atoms with Crippen LogP contribution in [0.4, 0.5) is 0 Å². The predicted molar refractivity (Wildman–Crippen MR) is 68.4 cm³/mol. The van der Waals surface area contributed by atoms with Gasteiger partial charge in [-0.25, -0.2) is 5.48 Å². The molecule has 4 nitrogen and oxygen atoms in total. The van der Waals surface area contributed by atoms with Gasteiger partial charge in [0, 0.05) is 5.41 Å². The van der Waals surface area contributed by atoms with Crippen LogP contribution >= 0.6 is 0 Å². The Labute approximate surface area is 104 Å². The third-order valence-corrected chi connectivity index (χ3v) is 3.35. The number of carbonyl (C=O) groups is 1. The highest BCUT2D eigenvalue weighted by molar-refractivity contribution is 5.81. The molecule has 1 fully saturated rings. The van der Waals surface area contributed by atoms with Crippen molar-refractivity contribution in [2.75, 3.05) is 13.1 Å². The van der Waals surface area contributed by atoms with Gasteiger partial charge in [0.05, 0.1) is 5.60 Å². The van der Waals surface area contributed by atoms with Gasteiger partial charge in [0.1, 0.15) is 0 Å². The van der Waals surface area contributed by atoms with Crippen LogP contribution in [-0.2, 0) is 9.63 Å². The first-order chi connectivity index (χ1) is 7.73. The Balaban J connectivity index is 2.53. The summed E-state index contributed by atoms with van der Waals surface area (Å²) in [5.74, 6) is 0.348. The Kier molecular flexibility index (Phi) is 4.55. The molecule has 1 heterocycles. The maximum atomic E-state index is 12.1. The SMILES string of the molecule is CC(C)(C)ONC(=O)C(C)(C)C1CCCNC1. The van der Waals surface area contributed by atoms with Crippen molar-refractivity contribution in [2.45, 2.75) is 53.1 Å². The summed E-state index contributed by atoms with van der Waals surface area (Å²) in [6.07, 6.45) is 2.24. The zero-order chi connectivity index (χ0) is 13.1. The van der Waals surface area contributed by atoms with Gasteiger partial charge < -0.3 is 5.32 Å². The van der Waals surface area contributed by atoms with Crippen LogP contribution in [0.3, 0.4) is 0 Å². The van der Waals surface area contributed by atoms with E-state index in [4.69, 9.17) is 4.84 Å². The van der Waals surface area contributed by atoms with E-state index in [0.29, 0.717) is 5.92 Å². The topological polar surface area (TPSA) is 50.4 Å². The van der Waals surface area contributed by atoms with E-state index in [9.17, 15) is 4.79 Å². The fourth-order valence-electron chi connectivity index (χ4n) is 1.98. The summed E-state index contributed by atoms with van der Waals surface area (Å²) >= 11 is 0. The van der Waals surface area contributed by atoms with Gasteiger partial charge in [0.15, 0.2) is 0 Å². The molecule has 1 unspecified atom stereocenters. The van der Waals surface area contributed by atoms with Gasteiger partial charge in [-0.3, -0.25) is 9.63 Å². The van der Waals surface area contributed by atoms with Gasteiger partial charge >= 0.3 is 0 Å². The lowest BCUT2D eigenvalue weighted by molar-refractivity contribution is -0.157. The number of hydroxylamine groups is 1. The lowest BCUT2D eigenvalue weighted by Gasteiger charge is -2.36. The zero-order valence-corrected chi connectivity index (χ0v) is 11.7. The first kappa shape index (κ1) is 14.5. The largest absolute Gasteiger partial charge is 0.316 e. The number of hydrogen-bond acceptors (Lipinski definition) is 3. The van der Waals surface area contributed by atoms with Crippen molar-refractivity contribution in [3.8, 4) is 0 Å². The second-order valence-electron chi connectivity index (χ2n) is 6.41. The van der Waals surface area contributed by atoms with Gasteiger partial charge in [0.25, 0.3) is 0 Å². The highest BCUT2D eigenvalue weighted by Crippen LogP contribution is 2.32. The summed E-state index contributed by atoms with van der Waals surface area (Å²) in [5, 5.41) is 3.35. The summed E-state index contributed by atoms with van der Waals surface area (Å²) in [7, 11) is 0. The van der Waals surface area contributed by atoms with Crippen LogP contribution in [-0.4, -0.2) is 24.6 Å². The maximum Gasteiger partial charge on any atom is 0.249 e. The van der Waals surface area contributed by atoms with Crippen LogP contribution in [0, 0.1) is 11.3 Å². The fourth-order valence-corrected chi connectivity index (χ4v) is 1.98. The molecule has 1 aliphatic rings. The van der Waals surface area contributed by atoms with Crippen molar-refractivity contribution in [2.24, 2.45) is 11.3 Å². The van der Waals surface area contributed by atoms with Crippen LogP contribution in [0.15, 0.2) is 0 Å². The van der Waals surface area contributed by atoms with Gasteiger partial charge in [-0.05, 0) is 52.6 Å². The van der Waals surface area contributed by atoms with E-state index in [0.717, 1.165) is 25.9 Å². The fraction of sp³-hybridized carbons (Fsp3) is 0.923. The second-order valence-corrected chi connectivity index (χ2v) is 6.41. The predicted octanol–water partition coefficient (Wildman–Crippen LogP) is 1.86. The van der Waals surface area contributed by atoms with Gasteiger partial charge in [-0.15, -0.1) is 0 Å². The summed E-state index contributed by atoms with van der Waals surface area (Å²) < 4.78 is 0. The van der Waals surface area contributed by atoms with Crippen LogP contribution in [0.25, 0.3) is 0 Å². The first-order valence-corrected chi connectivity index (χ1v) is 6.42. The van der Waals surface area contributed by atoms with Crippen LogP contribution in [0.2, 0.25) is 0 Å². The molecule has 0 bridgehead atoms. The second kappa shape index (κ2) is 5.36. The lowest BCUT2D eigenvalue weighted by atomic mass is 9.74. The standard InChI is InChI=1S/C13H26N2O2/c1-12(2,3)17-15-11(16)13(4,5)10-7-6-8-14-9-10/h10,14H,6-9H2,1-5H3,(H,15,16). The highest BCUT2D eigenvalue weighted by atomic mass is 16.7. The smallest absolute Gasteiger partial charge is 0.249 e. The molecule has 1 rings (SSSR count). The van der Waals surface area contributed by atoms with Crippen LogP contribution < -0.4 is 10.8 Å². The number of amides is 1. The number of hydrogen-bond donors (Lipinski definition) is 2. The minimum Gasteiger partial charge on any atom is -0.316 e. The molecule has 0 saturated carbocycles. The number of carbonyl (C=O) groups excluding carboxylic acids is 1. The van der Waals surface area contributed by atoms with Crippen molar-refractivity contribution < 1.29 is 9.63 Å². The molecule has 2 N–H and O–H groups in total. The molecule has 1 saturated heterocycles. The molecule has 0 aromatic rings. The first-order valence-electron chi connectivity index (χ1n) is 6.42. The third kappa shape index (κ3) is 4.28. The molecule has 1 atom stereocenters. The van der Waals surface area contributed by atoms with Crippen molar-refractivity contribution >= 4 is 5.91 Å². The molecule has 100 valence electrons. The highest BCUT2D eigenvalue weighted by Gasteiger charge is 2.37. The normalized spacial score (nSPS) is 22.3. The van der Waals surface area contributed by atoms with E-state index in [1.54, 1.807) is 0 Å². The maximum absolute atomic E-state index is 12.1. The van der Waals surface area contributed by atoms with E-state index in [1.807, 2.05) is 34.6 Å². The quantitative estimate of drug-likeness (QED) is 0.743. The molecule has 0 spiro atoms. The lowest BCUT2D eigenvalue weighted by Crippen LogP contribution is -2.48. The van der Waals surface area contributed by atoms with E-state index in [1.165, 1.54) is 0 Å². The van der Waals surface area contributed by atoms with Gasteiger partial charge in [-0.2, -0.15) is 0 Å². The number of piperidine rings is 1. The Morgan fingerprint density at radius 1 is 1.29 bits per heavy atom.